The lowest BCUT2D eigenvalue weighted by atomic mass is 9.93. The lowest BCUT2D eigenvalue weighted by Gasteiger charge is -2.37. The van der Waals surface area contributed by atoms with Gasteiger partial charge in [-0.05, 0) is 56.6 Å². The van der Waals surface area contributed by atoms with Crippen LogP contribution in [-0.4, -0.2) is 47.9 Å². The molecule has 1 aromatic rings. The molecule has 1 aromatic carbocycles. The highest BCUT2D eigenvalue weighted by Gasteiger charge is 2.31. The van der Waals surface area contributed by atoms with E-state index in [0.29, 0.717) is 24.9 Å². The Balaban J connectivity index is 1.53. The lowest BCUT2D eigenvalue weighted by Crippen LogP contribution is -2.47. The van der Waals surface area contributed by atoms with Gasteiger partial charge in [0.2, 0.25) is 5.91 Å². The fourth-order valence-electron chi connectivity index (χ4n) is 4.17. The number of nitrogens with one attached hydrogen (secondary N) is 1. The molecule has 0 spiro atoms. The summed E-state index contributed by atoms with van der Waals surface area (Å²) in [5.41, 5.74) is 3.04. The van der Waals surface area contributed by atoms with Crippen LogP contribution in [0.4, 0.5) is 10.5 Å². The van der Waals surface area contributed by atoms with Crippen molar-refractivity contribution in [1.82, 2.24) is 9.80 Å². The number of carbonyl (C=O) groups excluding carboxylic acids is 2. The summed E-state index contributed by atoms with van der Waals surface area (Å²) < 4.78 is 0. The van der Waals surface area contributed by atoms with Gasteiger partial charge >= 0.3 is 6.03 Å². The van der Waals surface area contributed by atoms with Gasteiger partial charge in [-0.25, -0.2) is 4.79 Å². The molecule has 2 aliphatic rings. The van der Waals surface area contributed by atoms with Gasteiger partial charge in [-0.15, -0.1) is 0 Å². The first-order valence-electron chi connectivity index (χ1n) is 9.86. The van der Waals surface area contributed by atoms with E-state index < -0.39 is 0 Å². The molecule has 5 heteroatoms. The van der Waals surface area contributed by atoms with Gasteiger partial charge in [0.15, 0.2) is 0 Å². The minimum absolute atomic E-state index is 0.0557. The first-order chi connectivity index (χ1) is 12.5. The van der Waals surface area contributed by atoms with Gasteiger partial charge < -0.3 is 15.1 Å². The predicted molar refractivity (Wildman–Crippen MR) is 104 cm³/mol. The summed E-state index contributed by atoms with van der Waals surface area (Å²) in [4.78, 5) is 29.3. The Hall–Kier alpha value is -2.04. The Morgan fingerprint density at radius 2 is 1.65 bits per heavy atom. The second-order valence-electron chi connectivity index (χ2n) is 7.99. The third-order valence-corrected chi connectivity index (χ3v) is 5.81. The molecule has 0 radical (unpaired) electrons. The molecule has 0 bridgehead atoms. The van der Waals surface area contributed by atoms with Crippen LogP contribution in [0, 0.1) is 25.7 Å². The molecule has 1 unspecified atom stereocenters. The Morgan fingerprint density at radius 3 is 2.27 bits per heavy atom. The maximum atomic E-state index is 12.8. The zero-order valence-corrected chi connectivity index (χ0v) is 16.3. The number of nitrogens with zero attached hydrogens (tertiary/aromatic N) is 2. The highest BCUT2D eigenvalue weighted by atomic mass is 16.2. The maximum Gasteiger partial charge on any atom is 0.321 e. The van der Waals surface area contributed by atoms with E-state index in [1.807, 2.05) is 41.8 Å². The van der Waals surface area contributed by atoms with E-state index in [0.717, 1.165) is 49.2 Å². The molecule has 26 heavy (non-hydrogen) atoms. The number of aryl methyl sites for hydroxylation is 2. The number of rotatable bonds is 2. The first-order valence-corrected chi connectivity index (χ1v) is 9.86. The topological polar surface area (TPSA) is 52.7 Å². The number of piperidine rings is 2. The summed E-state index contributed by atoms with van der Waals surface area (Å²) in [7, 11) is 0. The van der Waals surface area contributed by atoms with Crippen molar-refractivity contribution in [3.8, 4) is 0 Å². The molecule has 2 heterocycles. The largest absolute Gasteiger partial charge is 0.342 e. The smallest absolute Gasteiger partial charge is 0.321 e. The van der Waals surface area contributed by atoms with Crippen molar-refractivity contribution in [3.63, 3.8) is 0 Å². The molecule has 3 rings (SSSR count). The summed E-state index contributed by atoms with van der Waals surface area (Å²) in [5.74, 6) is 0.979. The summed E-state index contributed by atoms with van der Waals surface area (Å²) in [6.07, 6.45) is 3.87. The summed E-state index contributed by atoms with van der Waals surface area (Å²) in [6.45, 7) is 9.33. The number of urea groups is 1. The van der Waals surface area contributed by atoms with Crippen LogP contribution < -0.4 is 5.32 Å². The normalized spacial score (nSPS) is 21.6. The summed E-state index contributed by atoms with van der Waals surface area (Å²) >= 11 is 0. The van der Waals surface area contributed by atoms with Crippen LogP contribution in [0.5, 0.6) is 0 Å². The number of carbonyl (C=O) groups is 2. The molecule has 0 aromatic heterocycles. The predicted octanol–water partition coefficient (Wildman–Crippen LogP) is 3.81. The quantitative estimate of drug-likeness (QED) is 0.875. The second-order valence-corrected chi connectivity index (χ2v) is 7.99. The number of hydrogen-bond donors (Lipinski definition) is 1. The fourth-order valence-corrected chi connectivity index (χ4v) is 4.17. The first kappa shape index (κ1) is 18.7. The number of anilines is 1. The molecule has 1 N–H and O–H groups in total. The van der Waals surface area contributed by atoms with E-state index in [1.54, 1.807) is 0 Å². The van der Waals surface area contributed by atoms with E-state index >= 15 is 0 Å². The van der Waals surface area contributed by atoms with Crippen LogP contribution in [0.15, 0.2) is 18.2 Å². The van der Waals surface area contributed by atoms with E-state index in [2.05, 4.69) is 12.2 Å². The van der Waals surface area contributed by atoms with Crippen LogP contribution in [0.1, 0.15) is 43.7 Å². The van der Waals surface area contributed by atoms with E-state index in [1.165, 1.54) is 6.42 Å². The second kappa shape index (κ2) is 8.11. The van der Waals surface area contributed by atoms with E-state index in [9.17, 15) is 9.59 Å². The fraction of sp³-hybridized carbons (Fsp3) is 0.619. The van der Waals surface area contributed by atoms with E-state index in [-0.39, 0.29) is 11.9 Å². The van der Waals surface area contributed by atoms with Crippen LogP contribution in [0.3, 0.4) is 0 Å². The Labute approximate surface area is 156 Å². The summed E-state index contributed by atoms with van der Waals surface area (Å²) in [5, 5.41) is 3.05. The van der Waals surface area contributed by atoms with Crippen molar-refractivity contribution in [2.45, 2.75) is 46.5 Å². The molecule has 1 atom stereocenters. The minimum atomic E-state index is -0.0557. The number of para-hydroxylation sites is 1. The van der Waals surface area contributed by atoms with Gasteiger partial charge in [0, 0.05) is 37.8 Å². The van der Waals surface area contributed by atoms with Crippen molar-refractivity contribution < 1.29 is 9.59 Å². The zero-order valence-electron chi connectivity index (χ0n) is 16.3. The monoisotopic (exact) mass is 357 g/mol. The minimum Gasteiger partial charge on any atom is -0.342 e. The maximum absolute atomic E-state index is 12.8. The lowest BCUT2D eigenvalue weighted by molar-refractivity contribution is -0.138. The standard InChI is InChI=1S/C21H31N3O2/c1-15-6-5-11-24(14-15)20(25)18-9-12-23(13-10-18)21(26)22-19-16(2)7-4-8-17(19)3/h4,7-8,15,18H,5-6,9-14H2,1-3H3,(H,22,26). The third kappa shape index (κ3) is 4.19. The van der Waals surface area contributed by atoms with Crippen LogP contribution >= 0.6 is 0 Å². The molecule has 5 nitrogen and oxygen atoms in total. The SMILES string of the molecule is Cc1cccc(C)c1NC(=O)N1CCC(C(=O)N2CCCC(C)C2)CC1. The Morgan fingerprint density at radius 1 is 1.00 bits per heavy atom. The number of hydrogen-bond acceptors (Lipinski definition) is 2. The van der Waals surface area contributed by atoms with Crippen molar-refractivity contribution in [1.29, 1.82) is 0 Å². The number of likely N-dealkylation sites (tertiary alicyclic amines) is 2. The van der Waals surface area contributed by atoms with Gasteiger partial charge in [0.1, 0.15) is 0 Å². The average Bonchev–Trinajstić information content (AvgIpc) is 2.64. The Kier molecular flexibility index (Phi) is 5.84. The average molecular weight is 357 g/mol. The molecular weight excluding hydrogens is 326 g/mol. The molecule has 0 aliphatic carbocycles. The molecule has 2 saturated heterocycles. The van der Waals surface area contributed by atoms with Gasteiger partial charge in [0.25, 0.3) is 0 Å². The van der Waals surface area contributed by atoms with E-state index in [4.69, 9.17) is 0 Å². The molecule has 142 valence electrons. The van der Waals surface area contributed by atoms with Gasteiger partial charge in [-0.1, -0.05) is 25.1 Å². The molecule has 3 amide bonds. The number of amides is 3. The summed E-state index contributed by atoms with van der Waals surface area (Å²) in [6, 6.07) is 5.96. The van der Waals surface area contributed by atoms with Crippen molar-refractivity contribution in [3.05, 3.63) is 29.3 Å². The van der Waals surface area contributed by atoms with Gasteiger partial charge in [0.05, 0.1) is 0 Å². The van der Waals surface area contributed by atoms with Crippen molar-refractivity contribution in [2.75, 3.05) is 31.5 Å². The van der Waals surface area contributed by atoms with Gasteiger partial charge in [-0.3, -0.25) is 4.79 Å². The van der Waals surface area contributed by atoms with Gasteiger partial charge in [-0.2, -0.15) is 0 Å². The van der Waals surface area contributed by atoms with Crippen molar-refractivity contribution in [2.24, 2.45) is 11.8 Å². The molecule has 0 saturated carbocycles. The zero-order chi connectivity index (χ0) is 18.7. The van der Waals surface area contributed by atoms with Crippen molar-refractivity contribution >= 4 is 17.6 Å². The Bertz CT molecular complexity index is 645. The highest BCUT2D eigenvalue weighted by molar-refractivity contribution is 5.91. The highest BCUT2D eigenvalue weighted by Crippen LogP contribution is 2.25. The molecular formula is C21H31N3O2. The van der Waals surface area contributed by atoms with Crippen LogP contribution in [0.25, 0.3) is 0 Å². The molecule has 2 aliphatic heterocycles. The number of benzene rings is 1. The van der Waals surface area contributed by atoms with Crippen LogP contribution in [0.2, 0.25) is 0 Å². The van der Waals surface area contributed by atoms with Crippen LogP contribution in [-0.2, 0) is 4.79 Å². The molecule has 2 fully saturated rings. The third-order valence-electron chi connectivity index (χ3n) is 5.81.